The molecule has 0 aliphatic carbocycles. The van der Waals surface area contributed by atoms with E-state index in [1.54, 1.807) is 0 Å². The molecule has 0 atom stereocenters. The zero-order chi connectivity index (χ0) is 16.8. The Morgan fingerprint density at radius 2 is 2.09 bits per heavy atom. The van der Waals surface area contributed by atoms with Crippen molar-refractivity contribution in [1.82, 2.24) is 25.1 Å². The van der Waals surface area contributed by atoms with Gasteiger partial charge in [0.25, 0.3) is 5.56 Å². The van der Waals surface area contributed by atoms with Gasteiger partial charge in [0.1, 0.15) is 5.56 Å². The van der Waals surface area contributed by atoms with E-state index in [-0.39, 0.29) is 16.2 Å². The Labute approximate surface area is 144 Å². The number of rotatable bonds is 4. The molecule has 0 saturated carbocycles. The normalized spacial score (nSPS) is 16.0. The van der Waals surface area contributed by atoms with Gasteiger partial charge < -0.3 is 20.3 Å². The average molecular weight is 356 g/mol. The van der Waals surface area contributed by atoms with E-state index < -0.39 is 5.56 Å². The highest BCUT2D eigenvalue weighted by Crippen LogP contribution is 2.04. The van der Waals surface area contributed by atoms with Crippen LogP contribution in [-0.4, -0.2) is 82.5 Å². The lowest BCUT2D eigenvalue weighted by atomic mass is 10.3. The van der Waals surface area contributed by atoms with Crippen LogP contribution in [0.25, 0.3) is 0 Å². The molecular weight excluding hydrogens is 336 g/mol. The minimum absolute atomic E-state index is 0.0852. The minimum atomic E-state index is -0.454. The largest absolute Gasteiger partial charge is 0.494 e. The molecule has 8 nitrogen and oxygen atoms in total. The molecule has 0 aromatic carbocycles. The van der Waals surface area contributed by atoms with E-state index in [2.05, 4.69) is 30.1 Å². The number of hydrogen-bond donors (Lipinski definition) is 4. The van der Waals surface area contributed by atoms with Crippen LogP contribution in [-0.2, 0) is 0 Å². The van der Waals surface area contributed by atoms with E-state index in [0.29, 0.717) is 6.54 Å². The molecule has 1 aromatic heterocycles. The van der Waals surface area contributed by atoms with Gasteiger partial charge in [-0.2, -0.15) is 0 Å². The van der Waals surface area contributed by atoms with Crippen LogP contribution in [0.4, 0.5) is 0 Å². The second-order valence-corrected chi connectivity index (χ2v) is 5.88. The lowest BCUT2D eigenvalue weighted by Crippen LogP contribution is -2.51. The molecule has 1 fully saturated rings. The predicted molar refractivity (Wildman–Crippen MR) is 96.0 cm³/mol. The van der Waals surface area contributed by atoms with Crippen molar-refractivity contribution in [2.75, 3.05) is 46.3 Å². The Kier molecular flexibility index (Phi) is 6.25. The molecule has 1 aliphatic rings. The SMILES string of the molecule is CNC(=S)N1CCN(CCN=Cc2c(O)[nH]c(=S)[nH]c2=O)CC1. The summed E-state index contributed by atoms with van der Waals surface area (Å²) in [6, 6.07) is 0. The topological polar surface area (TPSA) is 99.7 Å². The lowest BCUT2D eigenvalue weighted by Gasteiger charge is -2.35. The van der Waals surface area contributed by atoms with Crippen molar-refractivity contribution in [3.8, 4) is 5.88 Å². The van der Waals surface area contributed by atoms with Crippen molar-refractivity contribution in [3.63, 3.8) is 0 Å². The number of aromatic amines is 2. The summed E-state index contributed by atoms with van der Waals surface area (Å²) in [4.78, 5) is 25.2. The molecule has 0 unspecified atom stereocenters. The smallest absolute Gasteiger partial charge is 0.264 e. The molecule has 126 valence electrons. The lowest BCUT2D eigenvalue weighted by molar-refractivity contribution is 0.186. The van der Waals surface area contributed by atoms with Crippen molar-refractivity contribution in [1.29, 1.82) is 0 Å². The number of aromatic nitrogens is 2. The van der Waals surface area contributed by atoms with Crippen molar-refractivity contribution in [2.45, 2.75) is 0 Å². The third-order valence-corrected chi connectivity index (χ3v) is 4.26. The molecule has 1 aromatic rings. The van der Waals surface area contributed by atoms with Crippen LogP contribution in [0.15, 0.2) is 9.79 Å². The highest BCUT2D eigenvalue weighted by Gasteiger charge is 2.17. The molecule has 2 heterocycles. The highest BCUT2D eigenvalue weighted by molar-refractivity contribution is 7.80. The number of piperazine rings is 1. The van der Waals surface area contributed by atoms with Gasteiger partial charge in [-0.15, -0.1) is 0 Å². The summed E-state index contributed by atoms with van der Waals surface area (Å²) in [7, 11) is 1.83. The second-order valence-electron chi connectivity index (χ2n) is 5.09. The third-order valence-electron chi connectivity index (χ3n) is 3.60. The first-order valence-corrected chi connectivity index (χ1v) is 8.07. The molecule has 0 radical (unpaired) electrons. The summed E-state index contributed by atoms with van der Waals surface area (Å²) >= 11 is 9.98. The van der Waals surface area contributed by atoms with Gasteiger partial charge in [0.15, 0.2) is 9.88 Å². The zero-order valence-corrected chi connectivity index (χ0v) is 14.5. The van der Waals surface area contributed by atoms with Crippen LogP contribution in [0.2, 0.25) is 0 Å². The molecule has 1 aliphatic heterocycles. The van der Waals surface area contributed by atoms with Crippen LogP contribution in [0, 0.1) is 4.77 Å². The number of aliphatic imine (C=N–C) groups is 1. The van der Waals surface area contributed by atoms with Gasteiger partial charge in [-0.05, 0) is 24.4 Å². The number of nitrogens with zero attached hydrogens (tertiary/aromatic N) is 3. The highest BCUT2D eigenvalue weighted by atomic mass is 32.1. The third kappa shape index (κ3) is 4.85. The summed E-state index contributed by atoms with van der Waals surface area (Å²) < 4.78 is 0.0852. The molecule has 0 amide bonds. The standard InChI is InChI=1S/C13H20N6O2S2/c1-14-13(23)19-6-4-18(5-7-19)3-2-15-8-9-10(20)16-12(22)17-11(9)21/h8H,2-7H2,1H3,(H,14,23)(H3,16,17,20,21,22). The van der Waals surface area contributed by atoms with Gasteiger partial charge in [-0.25, -0.2) is 0 Å². The maximum Gasteiger partial charge on any atom is 0.264 e. The molecule has 2 rings (SSSR count). The van der Waals surface area contributed by atoms with Crippen LogP contribution in [0.3, 0.4) is 0 Å². The molecule has 23 heavy (non-hydrogen) atoms. The Bertz CT molecular complexity index is 690. The molecule has 0 bridgehead atoms. The van der Waals surface area contributed by atoms with Gasteiger partial charge in [0.2, 0.25) is 5.88 Å². The average Bonchev–Trinajstić information content (AvgIpc) is 2.53. The molecule has 0 spiro atoms. The minimum Gasteiger partial charge on any atom is -0.494 e. The first-order chi connectivity index (χ1) is 11.0. The number of H-pyrrole nitrogens is 2. The summed E-state index contributed by atoms with van der Waals surface area (Å²) in [5.74, 6) is -0.267. The van der Waals surface area contributed by atoms with E-state index in [4.69, 9.17) is 24.4 Å². The van der Waals surface area contributed by atoms with Gasteiger partial charge >= 0.3 is 0 Å². The molecule has 1 saturated heterocycles. The van der Waals surface area contributed by atoms with Crippen LogP contribution >= 0.6 is 24.4 Å². The number of hydrogen-bond acceptors (Lipinski definition) is 6. The molecular formula is C13H20N6O2S2. The van der Waals surface area contributed by atoms with Crippen molar-refractivity contribution >= 4 is 35.8 Å². The fourth-order valence-electron chi connectivity index (χ4n) is 2.29. The molecule has 10 heteroatoms. The van der Waals surface area contributed by atoms with Crippen molar-refractivity contribution < 1.29 is 5.11 Å². The van der Waals surface area contributed by atoms with Gasteiger partial charge in [-0.3, -0.25) is 19.7 Å². The Balaban J connectivity index is 1.81. The van der Waals surface area contributed by atoms with E-state index >= 15 is 0 Å². The second kappa shape index (κ2) is 8.18. The fraction of sp³-hybridized carbons (Fsp3) is 0.538. The van der Waals surface area contributed by atoms with Gasteiger partial charge in [0.05, 0.1) is 6.54 Å². The van der Waals surface area contributed by atoms with Gasteiger partial charge in [0, 0.05) is 46.0 Å². The Hall–Kier alpha value is -1.78. The maximum atomic E-state index is 11.7. The Morgan fingerprint density at radius 3 is 2.70 bits per heavy atom. The van der Waals surface area contributed by atoms with Crippen molar-refractivity contribution in [2.24, 2.45) is 4.99 Å². The van der Waals surface area contributed by atoms with Crippen molar-refractivity contribution in [3.05, 3.63) is 20.7 Å². The van der Waals surface area contributed by atoms with Crippen LogP contribution in [0.5, 0.6) is 5.88 Å². The number of thiocarbonyl (C=S) groups is 1. The van der Waals surface area contributed by atoms with Crippen LogP contribution < -0.4 is 10.9 Å². The zero-order valence-electron chi connectivity index (χ0n) is 12.8. The predicted octanol–water partition coefficient (Wildman–Crippen LogP) is -0.321. The quantitative estimate of drug-likeness (QED) is 0.433. The van der Waals surface area contributed by atoms with Crippen LogP contribution in [0.1, 0.15) is 5.56 Å². The van der Waals surface area contributed by atoms with Gasteiger partial charge in [-0.1, -0.05) is 0 Å². The molecule has 4 N–H and O–H groups in total. The monoisotopic (exact) mass is 356 g/mol. The number of aromatic hydroxyl groups is 1. The summed E-state index contributed by atoms with van der Waals surface area (Å²) in [6.07, 6.45) is 1.37. The number of nitrogens with one attached hydrogen (secondary N) is 3. The van der Waals surface area contributed by atoms with E-state index in [1.165, 1.54) is 6.21 Å². The van der Waals surface area contributed by atoms with E-state index in [0.717, 1.165) is 37.8 Å². The summed E-state index contributed by atoms with van der Waals surface area (Å²) in [6.45, 7) is 4.95. The Morgan fingerprint density at radius 1 is 1.39 bits per heavy atom. The van der Waals surface area contributed by atoms with E-state index in [1.807, 2.05) is 7.05 Å². The fourth-order valence-corrected chi connectivity index (χ4v) is 2.66. The maximum absolute atomic E-state index is 11.7. The summed E-state index contributed by atoms with van der Waals surface area (Å²) in [5.41, 5.74) is -0.369. The van der Waals surface area contributed by atoms with E-state index in [9.17, 15) is 9.90 Å². The first kappa shape index (κ1) is 17.6. The summed E-state index contributed by atoms with van der Waals surface area (Å²) in [5, 5.41) is 13.4. The first-order valence-electron chi connectivity index (χ1n) is 7.25.